The molecule has 0 bridgehead atoms. The Balaban J connectivity index is 1.60. The van der Waals surface area contributed by atoms with Gasteiger partial charge < -0.3 is 0 Å². The third kappa shape index (κ3) is 6.39. The van der Waals surface area contributed by atoms with Crippen LogP contribution in [0, 0.1) is 17.7 Å². The lowest BCUT2D eigenvalue weighted by Gasteiger charge is -2.31. The normalized spacial score (nSPS) is 19.4. The van der Waals surface area contributed by atoms with Gasteiger partial charge in [-0.2, -0.15) is 0 Å². The molecule has 158 valence electrons. The summed E-state index contributed by atoms with van der Waals surface area (Å²) in [5.41, 5.74) is 3.72. The highest BCUT2D eigenvalue weighted by Crippen LogP contribution is 2.36. The Kier molecular flexibility index (Phi) is 8.70. The van der Waals surface area contributed by atoms with Crippen molar-refractivity contribution in [2.75, 3.05) is 0 Å². The van der Waals surface area contributed by atoms with Crippen LogP contribution in [0.3, 0.4) is 0 Å². The van der Waals surface area contributed by atoms with E-state index in [1.54, 1.807) is 6.07 Å². The molecular weight excluding hydrogens is 357 g/mol. The van der Waals surface area contributed by atoms with Crippen LogP contribution in [0.2, 0.25) is 0 Å². The molecule has 1 fully saturated rings. The SMILES string of the molecule is CCCCc1ccc(-c2ccc(CC[C@@H]3CCCC[C@H]3CCCC)cc2F)nc1. The van der Waals surface area contributed by atoms with E-state index in [2.05, 4.69) is 31.0 Å². The molecule has 0 radical (unpaired) electrons. The van der Waals surface area contributed by atoms with E-state index in [1.807, 2.05) is 18.3 Å². The van der Waals surface area contributed by atoms with Gasteiger partial charge in [0, 0.05) is 11.8 Å². The van der Waals surface area contributed by atoms with Gasteiger partial charge in [-0.1, -0.05) is 77.3 Å². The van der Waals surface area contributed by atoms with Crippen LogP contribution < -0.4 is 0 Å². The van der Waals surface area contributed by atoms with Crippen LogP contribution in [0.25, 0.3) is 11.3 Å². The number of nitrogens with zero attached hydrogens (tertiary/aromatic N) is 1. The first-order valence-electron chi connectivity index (χ1n) is 11.9. The molecule has 0 aliphatic heterocycles. The van der Waals surface area contributed by atoms with Crippen LogP contribution in [-0.4, -0.2) is 4.98 Å². The zero-order valence-corrected chi connectivity index (χ0v) is 18.4. The summed E-state index contributed by atoms with van der Waals surface area (Å²) in [6.45, 7) is 4.48. The Morgan fingerprint density at radius 2 is 1.59 bits per heavy atom. The topological polar surface area (TPSA) is 12.9 Å². The lowest BCUT2D eigenvalue weighted by Crippen LogP contribution is -2.20. The Bertz CT molecular complexity index is 737. The van der Waals surface area contributed by atoms with Crippen molar-refractivity contribution in [2.24, 2.45) is 11.8 Å². The maximum atomic E-state index is 14.8. The predicted molar refractivity (Wildman–Crippen MR) is 122 cm³/mol. The minimum absolute atomic E-state index is 0.137. The summed E-state index contributed by atoms with van der Waals surface area (Å²) in [7, 11) is 0. The van der Waals surface area contributed by atoms with E-state index in [0.717, 1.165) is 35.9 Å². The fourth-order valence-electron chi connectivity index (χ4n) is 4.90. The van der Waals surface area contributed by atoms with Crippen molar-refractivity contribution in [3.05, 3.63) is 53.5 Å². The van der Waals surface area contributed by atoms with Gasteiger partial charge in [-0.25, -0.2) is 4.39 Å². The molecule has 1 nitrogen and oxygen atoms in total. The molecule has 2 atom stereocenters. The zero-order valence-electron chi connectivity index (χ0n) is 18.4. The van der Waals surface area contributed by atoms with Gasteiger partial charge in [0.15, 0.2) is 0 Å². The summed E-state index contributed by atoms with van der Waals surface area (Å²) < 4.78 is 14.8. The number of hydrogen-bond donors (Lipinski definition) is 0. The molecule has 1 saturated carbocycles. The molecular formula is C27H38FN. The van der Waals surface area contributed by atoms with Crippen molar-refractivity contribution in [1.82, 2.24) is 4.98 Å². The average molecular weight is 396 g/mol. The van der Waals surface area contributed by atoms with Crippen molar-refractivity contribution >= 4 is 0 Å². The second-order valence-electron chi connectivity index (χ2n) is 8.95. The van der Waals surface area contributed by atoms with E-state index < -0.39 is 0 Å². The molecule has 3 rings (SSSR count). The van der Waals surface area contributed by atoms with E-state index in [-0.39, 0.29) is 5.82 Å². The summed E-state index contributed by atoms with van der Waals surface area (Å²) in [6, 6.07) is 9.82. The molecule has 29 heavy (non-hydrogen) atoms. The number of halogens is 1. The van der Waals surface area contributed by atoms with Crippen LogP contribution in [0.4, 0.5) is 4.39 Å². The molecule has 2 heteroatoms. The number of benzene rings is 1. The number of hydrogen-bond acceptors (Lipinski definition) is 1. The number of rotatable bonds is 10. The Morgan fingerprint density at radius 3 is 2.24 bits per heavy atom. The van der Waals surface area contributed by atoms with Crippen LogP contribution in [0.1, 0.15) is 89.2 Å². The van der Waals surface area contributed by atoms with E-state index in [1.165, 1.54) is 69.8 Å². The number of unbranched alkanes of at least 4 members (excludes halogenated alkanes) is 2. The lowest BCUT2D eigenvalue weighted by atomic mass is 9.74. The van der Waals surface area contributed by atoms with E-state index >= 15 is 0 Å². The van der Waals surface area contributed by atoms with Gasteiger partial charge in [0.2, 0.25) is 0 Å². The smallest absolute Gasteiger partial charge is 0.132 e. The van der Waals surface area contributed by atoms with Gasteiger partial charge in [0.1, 0.15) is 5.82 Å². The van der Waals surface area contributed by atoms with E-state index in [4.69, 9.17) is 0 Å². The van der Waals surface area contributed by atoms with Gasteiger partial charge in [-0.3, -0.25) is 4.98 Å². The van der Waals surface area contributed by atoms with Crippen molar-refractivity contribution in [3.63, 3.8) is 0 Å². The summed E-state index contributed by atoms with van der Waals surface area (Å²) in [4.78, 5) is 4.51. The molecule has 0 N–H and O–H groups in total. The van der Waals surface area contributed by atoms with E-state index in [9.17, 15) is 4.39 Å². The average Bonchev–Trinajstić information content (AvgIpc) is 2.76. The number of pyridine rings is 1. The highest BCUT2D eigenvalue weighted by molar-refractivity contribution is 5.60. The monoisotopic (exact) mass is 395 g/mol. The fraction of sp³-hybridized carbons (Fsp3) is 0.593. The molecule has 1 aromatic carbocycles. The lowest BCUT2D eigenvalue weighted by molar-refractivity contribution is 0.208. The summed E-state index contributed by atoms with van der Waals surface area (Å²) in [5.74, 6) is 1.58. The summed E-state index contributed by atoms with van der Waals surface area (Å²) >= 11 is 0. The molecule has 0 spiro atoms. The predicted octanol–water partition coefficient (Wildman–Crippen LogP) is 8.16. The Hall–Kier alpha value is -1.70. The van der Waals surface area contributed by atoms with Crippen LogP contribution >= 0.6 is 0 Å². The second kappa shape index (κ2) is 11.5. The van der Waals surface area contributed by atoms with Gasteiger partial charge in [-0.05, 0) is 66.8 Å². The minimum atomic E-state index is -0.137. The molecule has 1 aliphatic rings. The quantitative estimate of drug-likeness (QED) is 0.395. The number of aryl methyl sites for hydroxylation is 2. The van der Waals surface area contributed by atoms with Crippen molar-refractivity contribution in [2.45, 2.75) is 90.9 Å². The Labute approximate surface area is 177 Å². The van der Waals surface area contributed by atoms with Crippen LogP contribution in [0.15, 0.2) is 36.5 Å². The second-order valence-corrected chi connectivity index (χ2v) is 8.95. The summed E-state index contributed by atoms with van der Waals surface area (Å²) in [6.07, 6.45) is 17.1. The molecule has 0 amide bonds. The van der Waals surface area contributed by atoms with Gasteiger partial charge >= 0.3 is 0 Å². The van der Waals surface area contributed by atoms with Crippen LogP contribution in [0.5, 0.6) is 0 Å². The van der Waals surface area contributed by atoms with Crippen molar-refractivity contribution in [1.29, 1.82) is 0 Å². The third-order valence-corrected chi connectivity index (χ3v) is 6.75. The van der Waals surface area contributed by atoms with Gasteiger partial charge in [-0.15, -0.1) is 0 Å². The fourth-order valence-corrected chi connectivity index (χ4v) is 4.90. The highest BCUT2D eigenvalue weighted by Gasteiger charge is 2.24. The minimum Gasteiger partial charge on any atom is -0.256 e. The first kappa shape index (κ1) is 22.0. The third-order valence-electron chi connectivity index (χ3n) is 6.75. The first-order valence-corrected chi connectivity index (χ1v) is 11.9. The molecule has 1 aliphatic carbocycles. The standard InChI is InChI=1S/C27H38FN/c1-3-5-9-22-15-18-27(29-20-22)25-17-14-21(19-26(25)28)13-16-24-12-8-7-11-23(24)10-6-4-2/h14-15,17-20,23-24H,3-13,16H2,1-2H3/t23-,24+/m1/s1. The van der Waals surface area contributed by atoms with Crippen molar-refractivity contribution in [3.8, 4) is 11.3 Å². The largest absolute Gasteiger partial charge is 0.256 e. The molecule has 0 unspecified atom stereocenters. The molecule has 2 aromatic rings. The Morgan fingerprint density at radius 1 is 0.862 bits per heavy atom. The summed E-state index contributed by atoms with van der Waals surface area (Å²) in [5, 5.41) is 0. The van der Waals surface area contributed by atoms with Crippen LogP contribution in [-0.2, 0) is 12.8 Å². The zero-order chi connectivity index (χ0) is 20.5. The van der Waals surface area contributed by atoms with Gasteiger partial charge in [0.05, 0.1) is 5.69 Å². The molecule has 1 aromatic heterocycles. The number of aromatic nitrogens is 1. The highest BCUT2D eigenvalue weighted by atomic mass is 19.1. The molecule has 0 saturated heterocycles. The maximum Gasteiger partial charge on any atom is 0.132 e. The first-order chi connectivity index (χ1) is 14.2. The van der Waals surface area contributed by atoms with E-state index in [0.29, 0.717) is 5.56 Å². The van der Waals surface area contributed by atoms with Gasteiger partial charge in [0.25, 0.3) is 0 Å². The maximum absolute atomic E-state index is 14.8. The molecule has 1 heterocycles. The van der Waals surface area contributed by atoms with Crippen molar-refractivity contribution < 1.29 is 4.39 Å².